The molecule has 0 amide bonds. The lowest BCUT2D eigenvalue weighted by Gasteiger charge is -2.15. The van der Waals surface area contributed by atoms with E-state index in [0.29, 0.717) is 23.0 Å². The highest BCUT2D eigenvalue weighted by Gasteiger charge is 2.18. The highest BCUT2D eigenvalue weighted by Crippen LogP contribution is 2.41. The van der Waals surface area contributed by atoms with E-state index in [1.807, 2.05) is 66.7 Å². The normalized spacial score (nSPS) is 11.3. The van der Waals surface area contributed by atoms with Crippen molar-refractivity contribution in [3.05, 3.63) is 236 Å². The van der Waals surface area contributed by atoms with Gasteiger partial charge >= 0.3 is 0 Å². The Labute approximate surface area is 382 Å². The lowest BCUT2D eigenvalue weighted by atomic mass is 9.89. The Balaban J connectivity index is 0.895. The fourth-order valence-corrected chi connectivity index (χ4v) is 9.47. The van der Waals surface area contributed by atoms with Crippen LogP contribution in [0.2, 0.25) is 0 Å². The van der Waals surface area contributed by atoms with Crippen LogP contribution in [0, 0.1) is 11.3 Å². The molecule has 0 atom stereocenters. The van der Waals surface area contributed by atoms with Crippen molar-refractivity contribution >= 4 is 43.1 Å². The van der Waals surface area contributed by atoms with Crippen molar-refractivity contribution in [2.24, 2.45) is 0 Å². The molecule has 0 aliphatic carbocycles. The highest BCUT2D eigenvalue weighted by atomic mass is 15.0. The van der Waals surface area contributed by atoms with Crippen LogP contribution in [-0.4, -0.2) is 15.0 Å². The second-order valence-electron chi connectivity index (χ2n) is 16.7. The molecule has 0 aliphatic rings. The third-order valence-corrected chi connectivity index (χ3v) is 12.8. The summed E-state index contributed by atoms with van der Waals surface area (Å²) in [5.41, 5.74) is 12.5. The summed E-state index contributed by atoms with van der Waals surface area (Å²) in [6, 6.07) is 83.2. The summed E-state index contributed by atoms with van der Waals surface area (Å²) in [7, 11) is 0. The Bertz CT molecular complexity index is 3850. The van der Waals surface area contributed by atoms with Crippen molar-refractivity contribution < 1.29 is 0 Å². The number of hydrogen-bond acceptors (Lipinski definition) is 4. The first-order valence-electron chi connectivity index (χ1n) is 22.1. The Morgan fingerprint density at radius 1 is 0.273 bits per heavy atom. The van der Waals surface area contributed by atoms with E-state index in [1.165, 1.54) is 49.0 Å². The van der Waals surface area contributed by atoms with E-state index >= 15 is 0 Å². The van der Waals surface area contributed by atoms with E-state index in [0.717, 1.165) is 55.3 Å². The molecular weight excluding hydrogens is 801 g/mol. The van der Waals surface area contributed by atoms with Gasteiger partial charge in [0.2, 0.25) is 0 Å². The summed E-state index contributed by atoms with van der Waals surface area (Å²) in [6.45, 7) is 0. The SMILES string of the molecule is N#Cc1ccc(-c2cccc(-c3nc(-c4ccccc4)nc(-c4ccc(-c5ccc(-c6ccc(-c7c8ccccc8cc8c7ccc7ccccc78)cc6)cc5)c5ccccc45)n3)c2)cc1. The number of nitriles is 1. The molecule has 11 aromatic carbocycles. The molecule has 0 radical (unpaired) electrons. The quantitative estimate of drug-likeness (QED) is 0.118. The first-order valence-corrected chi connectivity index (χ1v) is 22.1. The molecule has 12 rings (SSSR count). The molecule has 1 heterocycles. The van der Waals surface area contributed by atoms with Crippen LogP contribution in [0.1, 0.15) is 5.56 Å². The van der Waals surface area contributed by atoms with Crippen LogP contribution in [0.25, 0.3) is 122 Å². The number of hydrogen-bond donors (Lipinski definition) is 0. The van der Waals surface area contributed by atoms with Gasteiger partial charge < -0.3 is 0 Å². The molecule has 0 unspecified atom stereocenters. The number of aromatic nitrogens is 3. The van der Waals surface area contributed by atoms with Crippen LogP contribution in [0.15, 0.2) is 231 Å². The van der Waals surface area contributed by atoms with Gasteiger partial charge in [0, 0.05) is 16.7 Å². The molecule has 0 fully saturated rings. The Morgan fingerprint density at radius 2 is 0.788 bits per heavy atom. The zero-order valence-corrected chi connectivity index (χ0v) is 35.7. The molecule has 4 nitrogen and oxygen atoms in total. The predicted octanol–water partition coefficient (Wildman–Crippen LogP) is 16.0. The molecule has 0 spiro atoms. The van der Waals surface area contributed by atoms with Gasteiger partial charge in [-0.1, -0.05) is 200 Å². The van der Waals surface area contributed by atoms with Gasteiger partial charge in [-0.15, -0.1) is 0 Å². The Morgan fingerprint density at radius 3 is 1.52 bits per heavy atom. The number of nitrogens with zero attached hydrogens (tertiary/aromatic N) is 4. The molecule has 0 saturated carbocycles. The summed E-state index contributed by atoms with van der Waals surface area (Å²) < 4.78 is 0. The maximum atomic E-state index is 9.34. The summed E-state index contributed by atoms with van der Waals surface area (Å²) >= 11 is 0. The third-order valence-electron chi connectivity index (χ3n) is 12.8. The number of rotatable bonds is 7. The molecule has 0 saturated heterocycles. The smallest absolute Gasteiger partial charge is 0.164 e. The van der Waals surface area contributed by atoms with Crippen LogP contribution in [-0.2, 0) is 0 Å². The second-order valence-corrected chi connectivity index (χ2v) is 16.7. The summed E-state index contributed by atoms with van der Waals surface area (Å²) in [5.74, 6) is 1.80. The molecule has 0 bridgehead atoms. The minimum atomic E-state index is 0.588. The average molecular weight is 839 g/mol. The average Bonchev–Trinajstić information content (AvgIpc) is 3.40. The molecule has 4 heteroatoms. The molecule has 0 N–H and O–H groups in total. The molecule has 1 aromatic heterocycles. The summed E-state index contributed by atoms with van der Waals surface area (Å²) in [6.07, 6.45) is 0. The van der Waals surface area contributed by atoms with Crippen LogP contribution in [0.3, 0.4) is 0 Å². The van der Waals surface area contributed by atoms with E-state index in [1.54, 1.807) is 0 Å². The van der Waals surface area contributed by atoms with Gasteiger partial charge in [0.25, 0.3) is 0 Å². The van der Waals surface area contributed by atoms with Crippen molar-refractivity contribution in [2.45, 2.75) is 0 Å². The van der Waals surface area contributed by atoms with Gasteiger partial charge in [0.1, 0.15) is 0 Å². The highest BCUT2D eigenvalue weighted by molar-refractivity contribution is 6.20. The minimum absolute atomic E-state index is 0.588. The largest absolute Gasteiger partial charge is 0.208 e. The first-order chi connectivity index (χ1) is 32.6. The number of benzene rings is 11. The van der Waals surface area contributed by atoms with Gasteiger partial charge in [-0.05, 0) is 118 Å². The zero-order chi connectivity index (χ0) is 44.0. The number of fused-ring (bicyclic) bond motifs is 5. The van der Waals surface area contributed by atoms with Crippen LogP contribution in [0.4, 0.5) is 0 Å². The topological polar surface area (TPSA) is 62.5 Å². The molecule has 0 aliphatic heterocycles. The standard InChI is InChI=1S/C62H38N4/c63-39-40-21-23-43(24-22-40)48-15-10-16-50(37-48)61-64-60(47-12-2-1-3-13-47)65-62(66-61)57-36-35-52(54-19-8-9-20-55(54)57)45-29-25-41(26-30-45)42-27-31-46(32-28-42)59-53-18-7-5-14-49(53)38-58-51-17-6-4-11-44(51)33-34-56(58)59/h1-38H. The summed E-state index contributed by atoms with van der Waals surface area (Å²) in [4.78, 5) is 15.3. The van der Waals surface area contributed by atoms with Crippen molar-refractivity contribution in [1.82, 2.24) is 15.0 Å². The fraction of sp³-hybridized carbons (Fsp3) is 0. The van der Waals surface area contributed by atoms with Gasteiger partial charge in [0.15, 0.2) is 17.5 Å². The Kier molecular flexibility index (Phi) is 9.51. The zero-order valence-electron chi connectivity index (χ0n) is 35.7. The van der Waals surface area contributed by atoms with Gasteiger partial charge in [-0.3, -0.25) is 0 Å². The minimum Gasteiger partial charge on any atom is -0.208 e. The monoisotopic (exact) mass is 838 g/mol. The van der Waals surface area contributed by atoms with E-state index in [4.69, 9.17) is 15.0 Å². The van der Waals surface area contributed by atoms with Gasteiger partial charge in [0.05, 0.1) is 11.6 Å². The molecule has 12 aromatic rings. The third kappa shape index (κ3) is 6.93. The Hall–Kier alpha value is -9.04. The van der Waals surface area contributed by atoms with Crippen molar-refractivity contribution in [3.8, 4) is 84.7 Å². The molecular formula is C62H38N4. The van der Waals surface area contributed by atoms with Gasteiger partial charge in [-0.2, -0.15) is 5.26 Å². The maximum Gasteiger partial charge on any atom is 0.164 e. The van der Waals surface area contributed by atoms with Crippen molar-refractivity contribution in [1.29, 1.82) is 5.26 Å². The van der Waals surface area contributed by atoms with Crippen LogP contribution in [0.5, 0.6) is 0 Å². The van der Waals surface area contributed by atoms with E-state index in [2.05, 4.69) is 170 Å². The maximum absolute atomic E-state index is 9.34. The second kappa shape index (κ2) is 16.3. The molecule has 66 heavy (non-hydrogen) atoms. The first kappa shape index (κ1) is 38.6. The molecule has 306 valence electrons. The van der Waals surface area contributed by atoms with E-state index in [9.17, 15) is 5.26 Å². The van der Waals surface area contributed by atoms with Crippen molar-refractivity contribution in [3.63, 3.8) is 0 Å². The van der Waals surface area contributed by atoms with Crippen LogP contribution >= 0.6 is 0 Å². The fourth-order valence-electron chi connectivity index (χ4n) is 9.47. The lowest BCUT2D eigenvalue weighted by Crippen LogP contribution is -2.01. The lowest BCUT2D eigenvalue weighted by molar-refractivity contribution is 1.08. The van der Waals surface area contributed by atoms with E-state index in [-0.39, 0.29) is 0 Å². The summed E-state index contributed by atoms with van der Waals surface area (Å²) in [5, 5.41) is 19.1. The van der Waals surface area contributed by atoms with E-state index < -0.39 is 0 Å². The van der Waals surface area contributed by atoms with Crippen LogP contribution < -0.4 is 0 Å². The predicted molar refractivity (Wildman–Crippen MR) is 273 cm³/mol. The van der Waals surface area contributed by atoms with Crippen molar-refractivity contribution in [2.75, 3.05) is 0 Å². The van der Waals surface area contributed by atoms with Gasteiger partial charge in [-0.25, -0.2) is 15.0 Å².